The zero-order valence-corrected chi connectivity index (χ0v) is 12.3. The number of hydrogen-bond donors (Lipinski definition) is 1. The standard InChI is InChI=1S/C15H13ClN2O3/c1-9-8-12(16)4-5-13(9)17-15(19)11-3-6-14(18(20)21)10(2)7-11/h3-8H,1-2H3,(H,17,19). The van der Waals surface area contributed by atoms with Gasteiger partial charge >= 0.3 is 0 Å². The summed E-state index contributed by atoms with van der Waals surface area (Å²) in [6, 6.07) is 9.42. The number of benzene rings is 2. The van der Waals surface area contributed by atoms with Crippen molar-refractivity contribution in [2.24, 2.45) is 0 Å². The molecule has 2 aromatic rings. The molecule has 0 atom stereocenters. The molecule has 108 valence electrons. The van der Waals surface area contributed by atoms with E-state index in [1.807, 2.05) is 6.92 Å². The van der Waals surface area contributed by atoms with Crippen molar-refractivity contribution in [3.63, 3.8) is 0 Å². The van der Waals surface area contributed by atoms with Gasteiger partial charge in [-0.1, -0.05) is 11.6 Å². The first-order valence-electron chi connectivity index (χ1n) is 6.21. The fourth-order valence-electron chi connectivity index (χ4n) is 1.96. The lowest BCUT2D eigenvalue weighted by atomic mass is 10.1. The third-order valence-corrected chi connectivity index (χ3v) is 3.33. The summed E-state index contributed by atoms with van der Waals surface area (Å²) >= 11 is 5.86. The number of nitrogens with one attached hydrogen (secondary N) is 1. The fourth-order valence-corrected chi connectivity index (χ4v) is 2.19. The summed E-state index contributed by atoms with van der Waals surface area (Å²) in [7, 11) is 0. The molecule has 0 fully saturated rings. The minimum absolute atomic E-state index is 0.00535. The Hall–Kier alpha value is -2.40. The van der Waals surface area contributed by atoms with Crippen LogP contribution in [0.15, 0.2) is 36.4 Å². The molecule has 0 unspecified atom stereocenters. The third-order valence-electron chi connectivity index (χ3n) is 3.09. The molecular weight excluding hydrogens is 292 g/mol. The van der Waals surface area contributed by atoms with Crippen molar-refractivity contribution < 1.29 is 9.72 Å². The molecule has 1 N–H and O–H groups in total. The van der Waals surface area contributed by atoms with E-state index in [1.165, 1.54) is 18.2 Å². The quantitative estimate of drug-likeness (QED) is 0.685. The number of amides is 1. The maximum atomic E-state index is 12.2. The van der Waals surface area contributed by atoms with Crippen LogP contribution in [-0.2, 0) is 0 Å². The molecule has 5 nitrogen and oxygen atoms in total. The first-order valence-corrected chi connectivity index (χ1v) is 6.59. The van der Waals surface area contributed by atoms with Gasteiger partial charge < -0.3 is 5.32 Å². The number of aryl methyl sites for hydroxylation is 2. The Morgan fingerprint density at radius 2 is 1.86 bits per heavy atom. The monoisotopic (exact) mass is 304 g/mol. The van der Waals surface area contributed by atoms with Gasteiger partial charge in [0, 0.05) is 27.9 Å². The number of nitrogens with zero attached hydrogens (tertiary/aromatic N) is 1. The van der Waals surface area contributed by atoms with E-state index in [0.717, 1.165) is 5.56 Å². The Morgan fingerprint density at radius 3 is 2.43 bits per heavy atom. The first-order chi connectivity index (χ1) is 9.88. The largest absolute Gasteiger partial charge is 0.322 e. The molecule has 21 heavy (non-hydrogen) atoms. The Balaban J connectivity index is 2.24. The van der Waals surface area contributed by atoms with Gasteiger partial charge in [-0.15, -0.1) is 0 Å². The normalized spacial score (nSPS) is 10.2. The average Bonchev–Trinajstić information content (AvgIpc) is 2.41. The van der Waals surface area contributed by atoms with E-state index in [-0.39, 0.29) is 11.6 Å². The average molecular weight is 305 g/mol. The van der Waals surface area contributed by atoms with E-state index in [9.17, 15) is 14.9 Å². The van der Waals surface area contributed by atoms with Crippen LogP contribution < -0.4 is 5.32 Å². The lowest BCUT2D eigenvalue weighted by molar-refractivity contribution is -0.385. The second-order valence-electron chi connectivity index (χ2n) is 4.67. The summed E-state index contributed by atoms with van der Waals surface area (Å²) in [4.78, 5) is 22.5. The molecule has 0 aromatic heterocycles. The number of halogens is 1. The van der Waals surface area contributed by atoms with Crippen LogP contribution >= 0.6 is 11.6 Å². The molecule has 0 saturated heterocycles. The van der Waals surface area contributed by atoms with Crippen LogP contribution in [0, 0.1) is 24.0 Å². The minimum atomic E-state index is -0.472. The molecule has 0 aliphatic rings. The molecule has 0 aliphatic carbocycles. The Labute approximate surface area is 126 Å². The van der Waals surface area contributed by atoms with Crippen molar-refractivity contribution in [2.75, 3.05) is 5.32 Å². The van der Waals surface area contributed by atoms with E-state index < -0.39 is 4.92 Å². The number of carbonyl (C=O) groups is 1. The molecule has 0 saturated carbocycles. The van der Waals surface area contributed by atoms with E-state index in [4.69, 9.17) is 11.6 Å². The smallest absolute Gasteiger partial charge is 0.272 e. The second kappa shape index (κ2) is 5.93. The van der Waals surface area contributed by atoms with Crippen LogP contribution in [0.3, 0.4) is 0 Å². The summed E-state index contributed by atoms with van der Waals surface area (Å²) in [6.07, 6.45) is 0. The topological polar surface area (TPSA) is 72.2 Å². The molecule has 0 spiro atoms. The molecular formula is C15H13ClN2O3. The van der Waals surface area contributed by atoms with Gasteiger partial charge in [-0.2, -0.15) is 0 Å². The molecule has 0 radical (unpaired) electrons. The molecule has 0 bridgehead atoms. The van der Waals surface area contributed by atoms with E-state index >= 15 is 0 Å². The van der Waals surface area contributed by atoms with Crippen LogP contribution in [-0.4, -0.2) is 10.8 Å². The van der Waals surface area contributed by atoms with Crippen LogP contribution in [0.25, 0.3) is 0 Å². The van der Waals surface area contributed by atoms with Crippen molar-refractivity contribution in [3.8, 4) is 0 Å². The minimum Gasteiger partial charge on any atom is -0.322 e. The fraction of sp³-hybridized carbons (Fsp3) is 0.133. The van der Waals surface area contributed by atoms with Gasteiger partial charge in [0.05, 0.1) is 4.92 Å². The first kappa shape index (κ1) is 15.0. The summed E-state index contributed by atoms with van der Waals surface area (Å²) in [5, 5.41) is 14.1. The maximum absolute atomic E-state index is 12.2. The van der Waals surface area contributed by atoms with Crippen LogP contribution in [0.4, 0.5) is 11.4 Å². The highest BCUT2D eigenvalue weighted by Crippen LogP contribution is 2.22. The predicted molar refractivity (Wildman–Crippen MR) is 82.0 cm³/mol. The van der Waals surface area contributed by atoms with Crippen molar-refractivity contribution in [3.05, 3.63) is 68.2 Å². The van der Waals surface area contributed by atoms with Crippen LogP contribution in [0.2, 0.25) is 5.02 Å². The highest BCUT2D eigenvalue weighted by molar-refractivity contribution is 6.30. The third kappa shape index (κ3) is 3.38. The molecule has 0 heterocycles. The van der Waals surface area contributed by atoms with E-state index in [2.05, 4.69) is 5.32 Å². The van der Waals surface area contributed by atoms with Gasteiger partial charge in [-0.25, -0.2) is 0 Å². The maximum Gasteiger partial charge on any atom is 0.272 e. The van der Waals surface area contributed by atoms with Crippen LogP contribution in [0.1, 0.15) is 21.5 Å². The summed E-state index contributed by atoms with van der Waals surface area (Å²) < 4.78 is 0. The molecule has 0 aliphatic heterocycles. The molecule has 1 amide bonds. The number of rotatable bonds is 3. The van der Waals surface area contributed by atoms with Crippen molar-refractivity contribution in [1.29, 1.82) is 0 Å². The highest BCUT2D eigenvalue weighted by Gasteiger charge is 2.14. The number of nitro groups is 1. The van der Waals surface area contributed by atoms with Gasteiger partial charge in [0.2, 0.25) is 0 Å². The Bertz CT molecular complexity index is 729. The zero-order valence-electron chi connectivity index (χ0n) is 11.5. The van der Waals surface area contributed by atoms with Gasteiger partial charge in [0.25, 0.3) is 11.6 Å². The lowest BCUT2D eigenvalue weighted by Crippen LogP contribution is -2.13. The van der Waals surface area contributed by atoms with E-state index in [1.54, 1.807) is 25.1 Å². The number of anilines is 1. The van der Waals surface area contributed by atoms with Gasteiger partial charge in [0.15, 0.2) is 0 Å². The second-order valence-corrected chi connectivity index (χ2v) is 5.11. The van der Waals surface area contributed by atoms with Gasteiger partial charge in [-0.3, -0.25) is 14.9 Å². The van der Waals surface area contributed by atoms with Crippen molar-refractivity contribution in [1.82, 2.24) is 0 Å². The Morgan fingerprint density at radius 1 is 1.14 bits per heavy atom. The highest BCUT2D eigenvalue weighted by atomic mass is 35.5. The number of hydrogen-bond acceptors (Lipinski definition) is 3. The summed E-state index contributed by atoms with van der Waals surface area (Å²) in [5.74, 6) is -0.321. The number of nitro benzene ring substituents is 1. The van der Waals surface area contributed by atoms with Gasteiger partial charge in [-0.05, 0) is 49.7 Å². The van der Waals surface area contributed by atoms with Crippen molar-refractivity contribution >= 4 is 28.9 Å². The zero-order chi connectivity index (χ0) is 15.6. The van der Waals surface area contributed by atoms with Crippen LogP contribution in [0.5, 0.6) is 0 Å². The summed E-state index contributed by atoms with van der Waals surface area (Å²) in [6.45, 7) is 3.44. The molecule has 2 rings (SSSR count). The number of carbonyl (C=O) groups excluding carboxylic acids is 1. The predicted octanol–water partition coefficient (Wildman–Crippen LogP) is 4.12. The SMILES string of the molecule is Cc1cc(Cl)ccc1NC(=O)c1ccc([N+](=O)[O-])c(C)c1. The van der Waals surface area contributed by atoms with Gasteiger partial charge in [0.1, 0.15) is 0 Å². The summed E-state index contributed by atoms with van der Waals surface area (Å²) in [5.41, 5.74) is 2.30. The molecule has 6 heteroatoms. The molecule has 2 aromatic carbocycles. The Kier molecular flexibility index (Phi) is 4.23. The lowest BCUT2D eigenvalue weighted by Gasteiger charge is -2.09. The van der Waals surface area contributed by atoms with E-state index in [0.29, 0.717) is 21.8 Å². The van der Waals surface area contributed by atoms with Crippen molar-refractivity contribution in [2.45, 2.75) is 13.8 Å².